The first kappa shape index (κ1) is 24.5. The first-order valence-corrected chi connectivity index (χ1v) is 14.6. The number of nitriles is 1. The molecule has 6 nitrogen and oxygen atoms in total. The van der Waals surface area contributed by atoms with Gasteiger partial charge in [-0.1, -0.05) is 78.9 Å². The molecule has 3 aromatic carbocycles. The molecule has 1 fully saturated rings. The van der Waals surface area contributed by atoms with E-state index in [1.165, 1.54) is 6.42 Å². The zero-order valence-corrected chi connectivity index (χ0v) is 22.9. The highest BCUT2D eigenvalue weighted by Crippen LogP contribution is 2.52. The third-order valence-electron chi connectivity index (χ3n) is 7.73. The van der Waals surface area contributed by atoms with Crippen LogP contribution >= 0.6 is 11.3 Å². The van der Waals surface area contributed by atoms with E-state index in [1.54, 1.807) is 11.3 Å². The summed E-state index contributed by atoms with van der Waals surface area (Å²) in [5.74, 6) is 0.926. The van der Waals surface area contributed by atoms with Crippen molar-refractivity contribution in [1.29, 1.82) is 5.26 Å². The van der Waals surface area contributed by atoms with Gasteiger partial charge in [-0.2, -0.15) is 5.26 Å². The van der Waals surface area contributed by atoms with Gasteiger partial charge in [-0.15, -0.1) is 21.5 Å². The summed E-state index contributed by atoms with van der Waals surface area (Å²) in [5.41, 5.74) is 5.97. The molecule has 0 amide bonds. The fourth-order valence-corrected chi connectivity index (χ4v) is 7.05. The Kier molecular flexibility index (Phi) is 6.46. The van der Waals surface area contributed by atoms with Gasteiger partial charge in [-0.05, 0) is 37.0 Å². The van der Waals surface area contributed by atoms with Gasteiger partial charge in [0.25, 0.3) is 0 Å². The van der Waals surface area contributed by atoms with E-state index in [9.17, 15) is 5.26 Å². The lowest BCUT2D eigenvalue weighted by molar-refractivity contribution is 0.333. The summed E-state index contributed by atoms with van der Waals surface area (Å²) in [6.45, 7) is 1.92. The van der Waals surface area contributed by atoms with E-state index in [0.717, 1.165) is 80.7 Å². The molecule has 0 radical (unpaired) electrons. The summed E-state index contributed by atoms with van der Waals surface area (Å²) < 4.78 is 0. The Morgan fingerprint density at radius 3 is 2.12 bits per heavy atom. The van der Waals surface area contributed by atoms with Crippen molar-refractivity contribution in [3.63, 3.8) is 0 Å². The first-order valence-electron chi connectivity index (χ1n) is 13.8. The third kappa shape index (κ3) is 4.21. The molecule has 1 saturated heterocycles. The molecule has 0 spiro atoms. The number of aromatic nitrogens is 2. The predicted octanol–water partition coefficient (Wildman–Crippen LogP) is 7.97. The van der Waals surface area contributed by atoms with E-state index in [0.29, 0.717) is 6.42 Å². The van der Waals surface area contributed by atoms with E-state index in [2.05, 4.69) is 76.5 Å². The largest absolute Gasteiger partial charge is 0.342 e. The average molecular weight is 541 g/mol. The Morgan fingerprint density at radius 1 is 0.800 bits per heavy atom. The standard InChI is InChI=1S/C33H28N6S/c34-20-19-26-31-30(35-33(38-21-11-4-12-22-38)39(26)25-17-9-3-10-18-25)28-27(23-13-5-1-6-14-23)29(36-37-32(28)40-31)24-15-7-2-8-16-24/h1-3,5-10,13-18,26H,4,11-12,19,21-22H2. The number of rotatable bonds is 4. The van der Waals surface area contributed by atoms with Gasteiger partial charge in [0, 0.05) is 35.3 Å². The van der Waals surface area contributed by atoms with Crippen LogP contribution in [-0.2, 0) is 0 Å². The van der Waals surface area contributed by atoms with Crippen LogP contribution in [0.2, 0.25) is 0 Å². The van der Waals surface area contributed by atoms with E-state index >= 15 is 0 Å². The fraction of sp³-hybridized carbons (Fsp3) is 0.212. The number of nitrogens with zero attached hydrogens (tertiary/aromatic N) is 6. The predicted molar refractivity (Wildman–Crippen MR) is 163 cm³/mol. The van der Waals surface area contributed by atoms with Crippen LogP contribution in [0.25, 0.3) is 32.6 Å². The number of hydrogen-bond donors (Lipinski definition) is 0. The normalized spacial score (nSPS) is 16.9. The highest BCUT2D eigenvalue weighted by atomic mass is 32.1. The van der Waals surface area contributed by atoms with E-state index in [4.69, 9.17) is 15.2 Å². The van der Waals surface area contributed by atoms with E-state index in [1.807, 2.05) is 30.3 Å². The zero-order valence-electron chi connectivity index (χ0n) is 22.1. The number of para-hydroxylation sites is 1. The van der Waals surface area contributed by atoms with Gasteiger partial charge in [0.15, 0.2) is 0 Å². The van der Waals surface area contributed by atoms with Crippen LogP contribution in [0.4, 0.5) is 11.4 Å². The Morgan fingerprint density at radius 2 is 1.45 bits per heavy atom. The van der Waals surface area contributed by atoms with Gasteiger partial charge in [0.05, 0.1) is 29.1 Å². The summed E-state index contributed by atoms with van der Waals surface area (Å²) in [5, 5.41) is 20.6. The summed E-state index contributed by atoms with van der Waals surface area (Å²) in [7, 11) is 0. The van der Waals surface area contributed by atoms with Crippen LogP contribution < -0.4 is 4.90 Å². The summed E-state index contributed by atoms with van der Waals surface area (Å²) >= 11 is 1.62. The molecule has 7 rings (SSSR count). The molecule has 0 saturated carbocycles. The van der Waals surface area contributed by atoms with Crippen LogP contribution in [0.3, 0.4) is 0 Å². The lowest BCUT2D eigenvalue weighted by Crippen LogP contribution is -2.49. The second-order valence-electron chi connectivity index (χ2n) is 10.2. The van der Waals surface area contributed by atoms with Crippen LogP contribution in [0, 0.1) is 11.3 Å². The first-order chi connectivity index (χ1) is 19.8. The molecule has 0 bridgehead atoms. The van der Waals surface area contributed by atoms with Crippen molar-refractivity contribution in [3.8, 4) is 28.5 Å². The monoisotopic (exact) mass is 540 g/mol. The number of hydrogen-bond acceptors (Lipinski definition) is 7. The van der Waals surface area contributed by atoms with Crippen LogP contribution in [0.5, 0.6) is 0 Å². The Bertz CT molecular complexity index is 1720. The number of guanidine groups is 1. The smallest absolute Gasteiger partial charge is 0.207 e. The zero-order chi connectivity index (χ0) is 26.9. The number of fused-ring (bicyclic) bond motifs is 3. The molecular weight excluding hydrogens is 512 g/mol. The second-order valence-corrected chi connectivity index (χ2v) is 11.2. The third-order valence-corrected chi connectivity index (χ3v) is 8.89. The SMILES string of the molecule is N#CCC1c2sc3nnc(-c4ccccc4)c(-c4ccccc4)c3c2N=C(N2CCCCC2)N1c1ccccc1. The molecule has 40 heavy (non-hydrogen) atoms. The second kappa shape index (κ2) is 10.6. The number of aliphatic imine (C=N–C) groups is 1. The number of anilines is 1. The lowest BCUT2D eigenvalue weighted by atomic mass is 9.95. The molecule has 196 valence electrons. The maximum Gasteiger partial charge on any atom is 0.207 e. The quantitative estimate of drug-likeness (QED) is 0.231. The lowest BCUT2D eigenvalue weighted by Gasteiger charge is -2.42. The van der Waals surface area contributed by atoms with Crippen molar-refractivity contribution in [3.05, 3.63) is 95.9 Å². The summed E-state index contributed by atoms with van der Waals surface area (Å²) in [6.07, 6.45) is 3.86. The number of piperidine rings is 1. The molecule has 7 heteroatoms. The van der Waals surface area contributed by atoms with Crippen molar-refractivity contribution in [2.75, 3.05) is 18.0 Å². The van der Waals surface area contributed by atoms with E-state index in [-0.39, 0.29) is 6.04 Å². The van der Waals surface area contributed by atoms with Crippen molar-refractivity contribution < 1.29 is 0 Å². The highest BCUT2D eigenvalue weighted by Gasteiger charge is 2.38. The topological polar surface area (TPSA) is 68.4 Å². The minimum absolute atomic E-state index is 0.167. The maximum absolute atomic E-state index is 10.1. The molecule has 4 heterocycles. The van der Waals surface area contributed by atoms with Gasteiger partial charge >= 0.3 is 0 Å². The molecule has 0 aliphatic carbocycles. The average Bonchev–Trinajstić information content (AvgIpc) is 3.41. The van der Waals surface area contributed by atoms with Gasteiger partial charge in [-0.3, -0.25) is 0 Å². The number of thiophene rings is 1. The molecule has 0 N–H and O–H groups in total. The fourth-order valence-electron chi connectivity index (χ4n) is 5.89. The van der Waals surface area contributed by atoms with Crippen LogP contribution in [0.1, 0.15) is 36.6 Å². The van der Waals surface area contributed by atoms with Gasteiger partial charge < -0.3 is 9.80 Å². The van der Waals surface area contributed by atoms with Gasteiger partial charge in [0.1, 0.15) is 10.5 Å². The molecule has 1 unspecified atom stereocenters. The van der Waals surface area contributed by atoms with Gasteiger partial charge in [0.2, 0.25) is 5.96 Å². The van der Waals surface area contributed by atoms with Crippen LogP contribution in [-0.4, -0.2) is 34.1 Å². The van der Waals surface area contributed by atoms with E-state index < -0.39 is 0 Å². The van der Waals surface area contributed by atoms with Crippen molar-refractivity contribution in [2.45, 2.75) is 31.7 Å². The Balaban J connectivity index is 1.54. The molecule has 2 aromatic heterocycles. The maximum atomic E-state index is 10.1. The van der Waals surface area contributed by atoms with Crippen molar-refractivity contribution >= 4 is 38.9 Å². The number of benzene rings is 3. The Labute approximate surface area is 237 Å². The minimum Gasteiger partial charge on any atom is -0.342 e. The van der Waals surface area contributed by atoms with Crippen molar-refractivity contribution in [2.24, 2.45) is 4.99 Å². The van der Waals surface area contributed by atoms with Gasteiger partial charge in [-0.25, -0.2) is 4.99 Å². The summed E-state index contributed by atoms with van der Waals surface area (Å²) in [6, 6.07) is 33.4. The molecular formula is C33H28N6S. The highest BCUT2D eigenvalue weighted by molar-refractivity contribution is 7.19. The molecule has 2 aliphatic rings. The Hall–Kier alpha value is -4.54. The van der Waals surface area contributed by atoms with Crippen LogP contribution in [0.15, 0.2) is 96.0 Å². The molecule has 5 aromatic rings. The summed E-state index contributed by atoms with van der Waals surface area (Å²) in [4.78, 5) is 12.1. The molecule has 1 atom stereocenters. The minimum atomic E-state index is -0.167. The number of likely N-dealkylation sites (tertiary alicyclic amines) is 1. The molecule has 2 aliphatic heterocycles. The van der Waals surface area contributed by atoms with Crippen molar-refractivity contribution in [1.82, 2.24) is 15.1 Å².